The summed E-state index contributed by atoms with van der Waals surface area (Å²) in [5, 5.41) is 14.8. The van der Waals surface area contributed by atoms with E-state index < -0.39 is 23.2 Å². The van der Waals surface area contributed by atoms with E-state index in [1.54, 1.807) is 38.1 Å². The van der Waals surface area contributed by atoms with Crippen LogP contribution in [0, 0.1) is 23.2 Å². The Kier molecular flexibility index (Phi) is 4.07. The largest absolute Gasteiger partial charge is 0.481 e. The standard InChI is InChI=1S/C18H22N2O4/c1-18(2)13(14(18)17(23)24)16(22)20-12-8-6-11(7-9-12)19-15(21)10-4-3-5-10/h6-10,13-14H,3-5H2,1-2H3,(H,19,21)(H,20,22)(H,23,24)/t13-,14+/m0/s1. The number of rotatable bonds is 5. The Hall–Kier alpha value is -2.37. The van der Waals surface area contributed by atoms with Crippen LogP contribution >= 0.6 is 0 Å². The molecule has 0 aromatic heterocycles. The van der Waals surface area contributed by atoms with Crippen molar-refractivity contribution in [1.29, 1.82) is 0 Å². The van der Waals surface area contributed by atoms with E-state index >= 15 is 0 Å². The first-order chi connectivity index (χ1) is 11.3. The maximum atomic E-state index is 12.3. The Morgan fingerprint density at radius 3 is 1.83 bits per heavy atom. The SMILES string of the molecule is CC1(C)[C@H](C(=O)Nc2ccc(NC(=O)C3CCC3)cc2)[C@@H]1C(=O)O. The number of carboxylic acids is 1. The lowest BCUT2D eigenvalue weighted by atomic mass is 9.85. The highest BCUT2D eigenvalue weighted by molar-refractivity contribution is 6.00. The molecular weight excluding hydrogens is 308 g/mol. The molecule has 3 N–H and O–H groups in total. The molecule has 128 valence electrons. The van der Waals surface area contributed by atoms with E-state index in [2.05, 4.69) is 10.6 Å². The van der Waals surface area contributed by atoms with Gasteiger partial charge >= 0.3 is 5.97 Å². The second-order valence-corrected chi connectivity index (χ2v) is 7.30. The van der Waals surface area contributed by atoms with Gasteiger partial charge < -0.3 is 15.7 Å². The van der Waals surface area contributed by atoms with Crippen molar-refractivity contribution in [3.8, 4) is 0 Å². The van der Waals surface area contributed by atoms with Crippen LogP contribution in [0.15, 0.2) is 24.3 Å². The van der Waals surface area contributed by atoms with Gasteiger partial charge in [0.1, 0.15) is 0 Å². The third-order valence-electron chi connectivity index (χ3n) is 5.27. The van der Waals surface area contributed by atoms with Gasteiger partial charge in [-0.25, -0.2) is 0 Å². The Labute approximate surface area is 140 Å². The Morgan fingerprint density at radius 2 is 1.46 bits per heavy atom. The number of anilines is 2. The number of amides is 2. The van der Waals surface area contributed by atoms with E-state index in [1.165, 1.54) is 0 Å². The number of hydrogen-bond acceptors (Lipinski definition) is 3. The van der Waals surface area contributed by atoms with Crippen LogP contribution in [0.4, 0.5) is 11.4 Å². The molecule has 2 amide bonds. The molecule has 2 fully saturated rings. The predicted molar refractivity (Wildman–Crippen MR) is 89.4 cm³/mol. The molecule has 2 atom stereocenters. The minimum atomic E-state index is -0.936. The molecule has 6 nitrogen and oxygen atoms in total. The maximum absolute atomic E-state index is 12.3. The van der Waals surface area contributed by atoms with Crippen molar-refractivity contribution in [2.75, 3.05) is 10.6 Å². The highest BCUT2D eigenvalue weighted by Crippen LogP contribution is 2.58. The zero-order chi connectivity index (χ0) is 17.5. The lowest BCUT2D eigenvalue weighted by Gasteiger charge is -2.24. The zero-order valence-corrected chi connectivity index (χ0v) is 13.8. The lowest BCUT2D eigenvalue weighted by molar-refractivity contribution is -0.140. The lowest BCUT2D eigenvalue weighted by Crippen LogP contribution is -2.28. The van der Waals surface area contributed by atoms with Gasteiger partial charge in [0, 0.05) is 17.3 Å². The first-order valence-electron chi connectivity index (χ1n) is 8.25. The zero-order valence-electron chi connectivity index (χ0n) is 13.8. The van der Waals surface area contributed by atoms with Gasteiger partial charge in [0.2, 0.25) is 11.8 Å². The number of carbonyl (C=O) groups is 3. The van der Waals surface area contributed by atoms with E-state index in [0.29, 0.717) is 11.4 Å². The summed E-state index contributed by atoms with van der Waals surface area (Å²) < 4.78 is 0. The van der Waals surface area contributed by atoms with Gasteiger partial charge in [-0.2, -0.15) is 0 Å². The van der Waals surface area contributed by atoms with E-state index in [4.69, 9.17) is 5.11 Å². The van der Waals surface area contributed by atoms with Crippen LogP contribution in [-0.4, -0.2) is 22.9 Å². The molecule has 2 aliphatic carbocycles. The third kappa shape index (κ3) is 3.00. The van der Waals surface area contributed by atoms with Gasteiger partial charge in [-0.3, -0.25) is 14.4 Å². The number of hydrogen-bond donors (Lipinski definition) is 3. The van der Waals surface area contributed by atoms with Crippen LogP contribution in [0.3, 0.4) is 0 Å². The minimum Gasteiger partial charge on any atom is -0.481 e. The number of carbonyl (C=O) groups excluding carboxylic acids is 2. The van der Waals surface area contributed by atoms with E-state index in [0.717, 1.165) is 19.3 Å². The van der Waals surface area contributed by atoms with E-state index in [1.807, 2.05) is 0 Å². The number of benzene rings is 1. The van der Waals surface area contributed by atoms with Crippen LogP contribution in [-0.2, 0) is 14.4 Å². The summed E-state index contributed by atoms with van der Waals surface area (Å²) in [7, 11) is 0. The highest BCUT2D eigenvalue weighted by atomic mass is 16.4. The fourth-order valence-corrected chi connectivity index (χ4v) is 3.36. The van der Waals surface area contributed by atoms with Crippen LogP contribution in [0.2, 0.25) is 0 Å². The third-order valence-corrected chi connectivity index (χ3v) is 5.27. The predicted octanol–water partition coefficient (Wildman–Crippen LogP) is 2.72. The van der Waals surface area contributed by atoms with Gasteiger partial charge in [-0.05, 0) is 42.5 Å². The smallest absolute Gasteiger partial charge is 0.307 e. The van der Waals surface area contributed by atoms with Crippen LogP contribution in [0.5, 0.6) is 0 Å². The van der Waals surface area contributed by atoms with Crippen molar-refractivity contribution in [1.82, 2.24) is 0 Å². The Balaban J connectivity index is 1.57. The van der Waals surface area contributed by atoms with Crippen molar-refractivity contribution in [3.05, 3.63) is 24.3 Å². The van der Waals surface area contributed by atoms with Crippen LogP contribution in [0.25, 0.3) is 0 Å². The second-order valence-electron chi connectivity index (χ2n) is 7.30. The summed E-state index contributed by atoms with van der Waals surface area (Å²) in [5.41, 5.74) is 0.764. The molecule has 0 aliphatic heterocycles. The molecule has 24 heavy (non-hydrogen) atoms. The molecule has 2 saturated carbocycles. The first-order valence-corrected chi connectivity index (χ1v) is 8.25. The fraction of sp³-hybridized carbons (Fsp3) is 0.500. The van der Waals surface area contributed by atoms with Crippen molar-refractivity contribution in [3.63, 3.8) is 0 Å². The highest BCUT2D eigenvalue weighted by Gasteiger charge is 2.65. The second kappa shape index (κ2) is 5.92. The monoisotopic (exact) mass is 330 g/mol. The molecule has 0 bridgehead atoms. The summed E-state index contributed by atoms with van der Waals surface area (Å²) in [5.74, 6) is -2.21. The van der Waals surface area contributed by atoms with Crippen molar-refractivity contribution < 1.29 is 19.5 Å². The molecule has 3 rings (SSSR count). The summed E-state index contributed by atoms with van der Waals surface area (Å²) in [6, 6.07) is 6.89. The number of aliphatic carboxylic acids is 1. The molecule has 2 aliphatic rings. The molecular formula is C18H22N2O4. The normalized spacial score (nSPS) is 24.6. The van der Waals surface area contributed by atoms with Gasteiger partial charge in [-0.1, -0.05) is 20.3 Å². The Bertz CT molecular complexity index is 677. The molecule has 0 spiro atoms. The maximum Gasteiger partial charge on any atom is 0.307 e. The van der Waals surface area contributed by atoms with Gasteiger partial charge in [-0.15, -0.1) is 0 Å². The quantitative estimate of drug-likeness (QED) is 0.773. The van der Waals surface area contributed by atoms with Gasteiger partial charge in [0.15, 0.2) is 0 Å². The Morgan fingerprint density at radius 1 is 0.958 bits per heavy atom. The van der Waals surface area contributed by atoms with Crippen molar-refractivity contribution in [2.24, 2.45) is 23.2 Å². The first kappa shape index (κ1) is 16.5. The molecule has 6 heteroatoms. The van der Waals surface area contributed by atoms with Gasteiger partial charge in [0.25, 0.3) is 0 Å². The molecule has 1 aromatic carbocycles. The summed E-state index contributed by atoms with van der Waals surface area (Å²) in [6.07, 6.45) is 3.00. The molecule has 1 aromatic rings. The molecule has 0 saturated heterocycles. The van der Waals surface area contributed by atoms with Gasteiger partial charge in [0.05, 0.1) is 11.8 Å². The number of carboxylic acid groups (broad SMARTS) is 1. The average molecular weight is 330 g/mol. The minimum absolute atomic E-state index is 0.0436. The van der Waals surface area contributed by atoms with E-state index in [-0.39, 0.29) is 17.7 Å². The molecule has 0 unspecified atom stereocenters. The molecule has 0 radical (unpaired) electrons. The molecule has 0 heterocycles. The summed E-state index contributed by atoms with van der Waals surface area (Å²) in [4.78, 5) is 35.3. The van der Waals surface area contributed by atoms with Crippen molar-refractivity contribution in [2.45, 2.75) is 33.1 Å². The summed E-state index contributed by atoms with van der Waals surface area (Å²) in [6.45, 7) is 3.57. The van der Waals surface area contributed by atoms with Crippen LogP contribution < -0.4 is 10.6 Å². The van der Waals surface area contributed by atoms with Crippen LogP contribution in [0.1, 0.15) is 33.1 Å². The number of nitrogens with one attached hydrogen (secondary N) is 2. The summed E-state index contributed by atoms with van der Waals surface area (Å²) >= 11 is 0. The van der Waals surface area contributed by atoms with Crippen molar-refractivity contribution >= 4 is 29.2 Å². The topological polar surface area (TPSA) is 95.5 Å². The fourth-order valence-electron chi connectivity index (χ4n) is 3.36. The average Bonchev–Trinajstić information content (AvgIpc) is 3.02. The van der Waals surface area contributed by atoms with E-state index in [9.17, 15) is 14.4 Å².